The first-order chi connectivity index (χ1) is 12.1. The number of aromatic nitrogens is 2. The third-order valence-electron chi connectivity index (χ3n) is 4.06. The summed E-state index contributed by atoms with van der Waals surface area (Å²) in [5.41, 5.74) is 2.41. The molecule has 0 saturated carbocycles. The van der Waals surface area contributed by atoms with Crippen LogP contribution in [0.5, 0.6) is 0 Å². The van der Waals surface area contributed by atoms with Crippen molar-refractivity contribution in [3.8, 4) is 11.3 Å². The van der Waals surface area contributed by atoms with E-state index < -0.39 is 0 Å². The van der Waals surface area contributed by atoms with Crippen molar-refractivity contribution in [2.75, 3.05) is 18.5 Å². The molecular formula is C19H24N4O2. The number of amides is 1. The van der Waals surface area contributed by atoms with Crippen LogP contribution in [0.1, 0.15) is 37.0 Å². The minimum atomic E-state index is -0.0769. The van der Waals surface area contributed by atoms with Gasteiger partial charge in [-0.3, -0.25) is 4.79 Å². The average Bonchev–Trinajstić information content (AvgIpc) is 3.13. The molecule has 2 heterocycles. The van der Waals surface area contributed by atoms with E-state index in [0.29, 0.717) is 18.2 Å². The summed E-state index contributed by atoms with van der Waals surface area (Å²) in [5, 5.41) is 6.19. The number of carbonyl (C=O) groups excluding carboxylic acids is 1. The first kappa shape index (κ1) is 17.4. The summed E-state index contributed by atoms with van der Waals surface area (Å²) in [4.78, 5) is 20.7. The fraction of sp³-hybridized carbons (Fsp3) is 0.421. The highest BCUT2D eigenvalue weighted by atomic mass is 16.5. The maximum Gasteiger partial charge on any atom is 0.251 e. The first-order valence-corrected chi connectivity index (χ1v) is 8.70. The smallest absolute Gasteiger partial charge is 0.251 e. The number of hydrogen-bond donors (Lipinski definition) is 2. The molecule has 3 rings (SSSR count). The average molecular weight is 340 g/mol. The van der Waals surface area contributed by atoms with Crippen LogP contribution in [0, 0.1) is 0 Å². The molecule has 0 spiro atoms. The second-order valence-corrected chi connectivity index (χ2v) is 6.51. The summed E-state index contributed by atoms with van der Waals surface area (Å²) < 4.78 is 5.52. The van der Waals surface area contributed by atoms with E-state index in [0.717, 1.165) is 36.5 Å². The van der Waals surface area contributed by atoms with Crippen LogP contribution in [-0.4, -0.2) is 41.2 Å². The van der Waals surface area contributed by atoms with E-state index >= 15 is 0 Å². The molecule has 2 aromatic rings. The summed E-state index contributed by atoms with van der Waals surface area (Å²) in [6.07, 6.45) is 3.78. The molecule has 1 fully saturated rings. The van der Waals surface area contributed by atoms with Crippen LogP contribution in [0.25, 0.3) is 11.3 Å². The molecule has 1 aliphatic heterocycles. The standard InChI is InChI=1S/C19H24N4O2/c1-13(2)23-18-10-17(21-12-22-18)14-5-7-15(8-6-14)19(24)20-11-16-4-3-9-25-16/h5-8,10,12-13,16H,3-4,9,11H2,1-2H3,(H,20,24)(H,21,22,23)/t16-/m1/s1. The summed E-state index contributed by atoms with van der Waals surface area (Å²) >= 11 is 0. The monoisotopic (exact) mass is 340 g/mol. The number of ether oxygens (including phenoxy) is 1. The third-order valence-corrected chi connectivity index (χ3v) is 4.06. The van der Waals surface area contributed by atoms with E-state index in [1.807, 2.05) is 30.3 Å². The molecule has 132 valence electrons. The lowest BCUT2D eigenvalue weighted by atomic mass is 10.1. The maximum absolute atomic E-state index is 12.2. The first-order valence-electron chi connectivity index (χ1n) is 8.70. The van der Waals surface area contributed by atoms with Gasteiger partial charge in [0, 0.05) is 36.4 Å². The zero-order valence-corrected chi connectivity index (χ0v) is 14.7. The molecule has 1 aromatic heterocycles. The van der Waals surface area contributed by atoms with Gasteiger partial charge < -0.3 is 15.4 Å². The Morgan fingerprint density at radius 3 is 2.76 bits per heavy atom. The predicted molar refractivity (Wildman–Crippen MR) is 97.5 cm³/mol. The molecule has 0 bridgehead atoms. The molecule has 1 amide bonds. The number of carbonyl (C=O) groups is 1. The van der Waals surface area contributed by atoms with Crippen LogP contribution in [0.15, 0.2) is 36.7 Å². The topological polar surface area (TPSA) is 76.1 Å². The van der Waals surface area contributed by atoms with Gasteiger partial charge in [0.05, 0.1) is 11.8 Å². The van der Waals surface area contributed by atoms with Crippen molar-refractivity contribution < 1.29 is 9.53 Å². The highest BCUT2D eigenvalue weighted by molar-refractivity contribution is 5.94. The van der Waals surface area contributed by atoms with Crippen molar-refractivity contribution in [2.45, 2.75) is 38.8 Å². The number of rotatable bonds is 6. The molecule has 6 nitrogen and oxygen atoms in total. The number of benzene rings is 1. The molecule has 6 heteroatoms. The quantitative estimate of drug-likeness (QED) is 0.846. The fourth-order valence-corrected chi connectivity index (χ4v) is 2.80. The molecule has 0 radical (unpaired) electrons. The van der Waals surface area contributed by atoms with Gasteiger partial charge in [0.15, 0.2) is 0 Å². The molecule has 0 aliphatic carbocycles. The van der Waals surface area contributed by atoms with Crippen LogP contribution in [0.2, 0.25) is 0 Å². The molecule has 1 saturated heterocycles. The minimum absolute atomic E-state index is 0.0769. The van der Waals surface area contributed by atoms with Gasteiger partial charge in [-0.25, -0.2) is 9.97 Å². The molecule has 2 N–H and O–H groups in total. The van der Waals surface area contributed by atoms with Gasteiger partial charge in [-0.2, -0.15) is 0 Å². The number of hydrogen-bond acceptors (Lipinski definition) is 5. The lowest BCUT2D eigenvalue weighted by molar-refractivity contribution is 0.0858. The Balaban J connectivity index is 1.64. The van der Waals surface area contributed by atoms with Crippen LogP contribution < -0.4 is 10.6 Å². The van der Waals surface area contributed by atoms with E-state index in [1.54, 1.807) is 6.33 Å². The van der Waals surface area contributed by atoms with Crippen LogP contribution >= 0.6 is 0 Å². The van der Waals surface area contributed by atoms with E-state index in [-0.39, 0.29) is 12.0 Å². The fourth-order valence-electron chi connectivity index (χ4n) is 2.80. The van der Waals surface area contributed by atoms with Crippen LogP contribution in [0.3, 0.4) is 0 Å². The Hall–Kier alpha value is -2.47. The van der Waals surface area contributed by atoms with Gasteiger partial charge in [-0.05, 0) is 38.8 Å². The zero-order chi connectivity index (χ0) is 17.6. The van der Waals surface area contributed by atoms with Crippen molar-refractivity contribution in [1.29, 1.82) is 0 Å². The van der Waals surface area contributed by atoms with E-state index in [9.17, 15) is 4.79 Å². The van der Waals surface area contributed by atoms with Crippen molar-refractivity contribution in [3.05, 3.63) is 42.2 Å². The molecular weight excluding hydrogens is 316 g/mol. The molecule has 1 atom stereocenters. The third kappa shape index (κ3) is 4.76. The van der Waals surface area contributed by atoms with Crippen LogP contribution in [-0.2, 0) is 4.74 Å². The highest BCUT2D eigenvalue weighted by Crippen LogP contribution is 2.20. The van der Waals surface area contributed by atoms with Gasteiger partial charge in [-0.1, -0.05) is 12.1 Å². The maximum atomic E-state index is 12.2. The Morgan fingerprint density at radius 1 is 1.28 bits per heavy atom. The largest absolute Gasteiger partial charge is 0.376 e. The Bertz CT molecular complexity index is 710. The van der Waals surface area contributed by atoms with E-state index in [2.05, 4.69) is 34.4 Å². The second-order valence-electron chi connectivity index (χ2n) is 6.51. The minimum Gasteiger partial charge on any atom is -0.376 e. The summed E-state index contributed by atoms with van der Waals surface area (Å²) in [5.74, 6) is 0.713. The highest BCUT2D eigenvalue weighted by Gasteiger charge is 2.16. The lowest BCUT2D eigenvalue weighted by Gasteiger charge is -2.11. The van der Waals surface area contributed by atoms with Crippen molar-refractivity contribution in [3.63, 3.8) is 0 Å². The number of nitrogens with zero attached hydrogens (tertiary/aromatic N) is 2. The van der Waals surface area contributed by atoms with E-state index in [1.165, 1.54) is 0 Å². The lowest BCUT2D eigenvalue weighted by Crippen LogP contribution is -2.31. The Labute approximate surface area is 148 Å². The number of nitrogens with one attached hydrogen (secondary N) is 2. The summed E-state index contributed by atoms with van der Waals surface area (Å²) in [6, 6.07) is 9.66. The molecule has 1 aliphatic rings. The van der Waals surface area contributed by atoms with Gasteiger partial charge >= 0.3 is 0 Å². The van der Waals surface area contributed by atoms with Gasteiger partial charge in [0.1, 0.15) is 12.1 Å². The normalized spacial score (nSPS) is 16.8. The Morgan fingerprint density at radius 2 is 2.08 bits per heavy atom. The van der Waals surface area contributed by atoms with Gasteiger partial charge in [0.2, 0.25) is 0 Å². The Kier molecular flexibility index (Phi) is 5.60. The summed E-state index contributed by atoms with van der Waals surface area (Å²) in [7, 11) is 0. The van der Waals surface area contributed by atoms with Crippen molar-refractivity contribution >= 4 is 11.7 Å². The SMILES string of the molecule is CC(C)Nc1cc(-c2ccc(C(=O)NC[C@H]3CCCO3)cc2)ncn1. The molecule has 0 unspecified atom stereocenters. The van der Waals surface area contributed by atoms with E-state index in [4.69, 9.17) is 4.74 Å². The second kappa shape index (κ2) is 8.07. The van der Waals surface area contributed by atoms with Gasteiger partial charge in [0.25, 0.3) is 5.91 Å². The van der Waals surface area contributed by atoms with Crippen molar-refractivity contribution in [2.24, 2.45) is 0 Å². The number of anilines is 1. The summed E-state index contributed by atoms with van der Waals surface area (Å²) in [6.45, 7) is 5.48. The van der Waals surface area contributed by atoms with Gasteiger partial charge in [-0.15, -0.1) is 0 Å². The zero-order valence-electron chi connectivity index (χ0n) is 14.7. The molecule has 25 heavy (non-hydrogen) atoms. The van der Waals surface area contributed by atoms with Crippen molar-refractivity contribution in [1.82, 2.24) is 15.3 Å². The molecule has 1 aromatic carbocycles. The predicted octanol–water partition coefficient (Wildman–Crippen LogP) is 2.87. The van der Waals surface area contributed by atoms with Crippen LogP contribution in [0.4, 0.5) is 5.82 Å².